The standard InChI is InChI=1S/C22H24N2O5S/c1-28-19-11-13-21(14-12-19)30(26,27)24(18-7-3-2-4-8-18)17-22(25)23-15-5-9-20-10-6-16-29-20/h2-4,6-8,10-14,16H,5,9,15,17H2,1H3,(H,23,25). The molecule has 2 aromatic carbocycles. The molecule has 1 N–H and O–H groups in total. The highest BCUT2D eigenvalue weighted by Crippen LogP contribution is 2.24. The SMILES string of the molecule is COc1ccc(S(=O)(=O)N(CC(=O)NCCCc2ccco2)c2ccccc2)cc1. The predicted molar refractivity (Wildman–Crippen MR) is 114 cm³/mol. The zero-order valence-corrected chi connectivity index (χ0v) is 17.5. The molecule has 7 nitrogen and oxygen atoms in total. The van der Waals surface area contributed by atoms with Gasteiger partial charge in [-0.15, -0.1) is 0 Å². The Morgan fingerprint density at radius 2 is 1.77 bits per heavy atom. The molecule has 1 aromatic heterocycles. The van der Waals surface area contributed by atoms with E-state index in [1.807, 2.05) is 12.1 Å². The van der Waals surface area contributed by atoms with Crippen molar-refractivity contribution in [2.45, 2.75) is 17.7 Å². The number of rotatable bonds is 10. The molecule has 0 aliphatic heterocycles. The Labute approximate surface area is 176 Å². The number of aryl methyl sites for hydroxylation is 1. The largest absolute Gasteiger partial charge is 0.497 e. The van der Waals surface area contributed by atoms with E-state index < -0.39 is 10.0 Å². The van der Waals surface area contributed by atoms with E-state index in [1.165, 1.54) is 19.2 Å². The van der Waals surface area contributed by atoms with Gasteiger partial charge in [0.05, 0.1) is 24.0 Å². The lowest BCUT2D eigenvalue weighted by Crippen LogP contribution is -2.41. The highest BCUT2D eigenvalue weighted by molar-refractivity contribution is 7.92. The van der Waals surface area contributed by atoms with Crippen molar-refractivity contribution in [3.05, 3.63) is 78.8 Å². The first-order chi connectivity index (χ1) is 14.5. The van der Waals surface area contributed by atoms with Crippen molar-refractivity contribution in [1.82, 2.24) is 5.32 Å². The van der Waals surface area contributed by atoms with Crippen molar-refractivity contribution in [2.75, 3.05) is 24.5 Å². The van der Waals surface area contributed by atoms with E-state index in [4.69, 9.17) is 9.15 Å². The maximum Gasteiger partial charge on any atom is 0.264 e. The third-order valence-corrected chi connectivity index (χ3v) is 6.27. The van der Waals surface area contributed by atoms with Crippen molar-refractivity contribution >= 4 is 21.6 Å². The molecule has 0 saturated carbocycles. The number of anilines is 1. The van der Waals surface area contributed by atoms with Gasteiger partial charge in [-0.05, 0) is 55.0 Å². The molecule has 3 rings (SSSR count). The van der Waals surface area contributed by atoms with E-state index in [9.17, 15) is 13.2 Å². The van der Waals surface area contributed by atoms with Crippen LogP contribution in [-0.4, -0.2) is 34.5 Å². The molecule has 0 spiro atoms. The second-order valence-electron chi connectivity index (χ2n) is 6.56. The number of para-hydroxylation sites is 1. The summed E-state index contributed by atoms with van der Waals surface area (Å²) in [7, 11) is -2.43. The van der Waals surface area contributed by atoms with E-state index in [0.717, 1.165) is 10.1 Å². The van der Waals surface area contributed by atoms with Gasteiger partial charge in [-0.3, -0.25) is 9.10 Å². The average Bonchev–Trinajstić information content (AvgIpc) is 3.29. The summed E-state index contributed by atoms with van der Waals surface area (Å²) in [6.45, 7) is 0.101. The second-order valence-corrected chi connectivity index (χ2v) is 8.42. The minimum Gasteiger partial charge on any atom is -0.497 e. The number of sulfonamides is 1. The molecular weight excluding hydrogens is 404 g/mol. The molecule has 30 heavy (non-hydrogen) atoms. The molecule has 1 amide bonds. The highest BCUT2D eigenvalue weighted by atomic mass is 32.2. The van der Waals surface area contributed by atoms with Gasteiger partial charge in [0.1, 0.15) is 18.1 Å². The van der Waals surface area contributed by atoms with Gasteiger partial charge in [0.25, 0.3) is 10.0 Å². The molecule has 0 radical (unpaired) electrons. The number of amides is 1. The van der Waals surface area contributed by atoms with Crippen molar-refractivity contribution in [1.29, 1.82) is 0 Å². The van der Waals surface area contributed by atoms with Gasteiger partial charge < -0.3 is 14.5 Å². The lowest BCUT2D eigenvalue weighted by Gasteiger charge is -2.24. The Morgan fingerprint density at radius 3 is 2.40 bits per heavy atom. The summed E-state index contributed by atoms with van der Waals surface area (Å²) in [6.07, 6.45) is 2.99. The van der Waals surface area contributed by atoms with E-state index >= 15 is 0 Å². The summed E-state index contributed by atoms with van der Waals surface area (Å²) in [5, 5.41) is 2.78. The van der Waals surface area contributed by atoms with Gasteiger partial charge in [-0.25, -0.2) is 8.42 Å². The van der Waals surface area contributed by atoms with Crippen LogP contribution in [-0.2, 0) is 21.2 Å². The lowest BCUT2D eigenvalue weighted by molar-refractivity contribution is -0.119. The zero-order chi connectivity index (χ0) is 21.4. The average molecular weight is 429 g/mol. The van der Waals surface area contributed by atoms with Gasteiger partial charge >= 0.3 is 0 Å². The maximum absolute atomic E-state index is 13.2. The molecular formula is C22H24N2O5S. The number of nitrogens with zero attached hydrogens (tertiary/aromatic N) is 1. The minimum absolute atomic E-state index is 0.0813. The van der Waals surface area contributed by atoms with Gasteiger partial charge in [-0.2, -0.15) is 0 Å². The Kier molecular flexibility index (Phi) is 7.13. The van der Waals surface area contributed by atoms with Crippen LogP contribution < -0.4 is 14.4 Å². The fraction of sp³-hybridized carbons (Fsp3) is 0.227. The maximum atomic E-state index is 13.2. The summed E-state index contributed by atoms with van der Waals surface area (Å²) >= 11 is 0. The summed E-state index contributed by atoms with van der Waals surface area (Å²) in [5.74, 6) is 1.02. The number of benzene rings is 2. The van der Waals surface area contributed by atoms with Crippen LogP contribution in [0.3, 0.4) is 0 Å². The number of nitrogens with one attached hydrogen (secondary N) is 1. The van der Waals surface area contributed by atoms with Crippen LogP contribution in [0.2, 0.25) is 0 Å². The van der Waals surface area contributed by atoms with Crippen LogP contribution >= 0.6 is 0 Å². The third-order valence-electron chi connectivity index (χ3n) is 4.48. The van der Waals surface area contributed by atoms with Gasteiger partial charge in [0.15, 0.2) is 0 Å². The highest BCUT2D eigenvalue weighted by Gasteiger charge is 2.27. The molecule has 0 bridgehead atoms. The first-order valence-electron chi connectivity index (χ1n) is 9.51. The summed E-state index contributed by atoms with van der Waals surface area (Å²) in [4.78, 5) is 12.6. The molecule has 0 unspecified atom stereocenters. The third kappa shape index (κ3) is 5.42. The number of ether oxygens (including phenoxy) is 1. The van der Waals surface area contributed by atoms with Gasteiger partial charge in [-0.1, -0.05) is 18.2 Å². The quantitative estimate of drug-likeness (QED) is 0.501. The molecule has 0 saturated heterocycles. The fourth-order valence-corrected chi connectivity index (χ4v) is 4.34. The molecule has 0 fully saturated rings. The molecule has 3 aromatic rings. The molecule has 0 aliphatic rings. The predicted octanol–water partition coefficient (Wildman–Crippen LogP) is 3.23. The number of furan rings is 1. The molecule has 0 aliphatic carbocycles. The number of carbonyl (C=O) groups excluding carboxylic acids is 1. The van der Waals surface area contributed by atoms with E-state index in [-0.39, 0.29) is 17.3 Å². The van der Waals surface area contributed by atoms with Crippen molar-refractivity contribution in [3.63, 3.8) is 0 Å². The number of hydrogen-bond donors (Lipinski definition) is 1. The summed E-state index contributed by atoms with van der Waals surface area (Å²) in [5.41, 5.74) is 0.416. The Bertz CT molecular complexity index is 1030. The van der Waals surface area contributed by atoms with E-state index in [0.29, 0.717) is 30.8 Å². The van der Waals surface area contributed by atoms with Crippen LogP contribution in [0.5, 0.6) is 5.75 Å². The topological polar surface area (TPSA) is 88.9 Å². The van der Waals surface area contributed by atoms with Crippen LogP contribution in [0.25, 0.3) is 0 Å². The first kappa shape index (κ1) is 21.4. The summed E-state index contributed by atoms with van der Waals surface area (Å²) < 4.78 is 38.0. The number of hydrogen-bond acceptors (Lipinski definition) is 5. The summed E-state index contributed by atoms with van der Waals surface area (Å²) in [6, 6.07) is 18.3. The minimum atomic E-state index is -3.94. The smallest absolute Gasteiger partial charge is 0.264 e. The van der Waals surface area contributed by atoms with Crippen LogP contribution in [0, 0.1) is 0 Å². The zero-order valence-electron chi connectivity index (χ0n) is 16.7. The Morgan fingerprint density at radius 1 is 1.03 bits per heavy atom. The van der Waals surface area contributed by atoms with Crippen molar-refractivity contribution < 1.29 is 22.4 Å². The lowest BCUT2D eigenvalue weighted by atomic mass is 10.2. The van der Waals surface area contributed by atoms with Crippen LogP contribution in [0.4, 0.5) is 5.69 Å². The molecule has 1 heterocycles. The van der Waals surface area contributed by atoms with Gasteiger partial charge in [0.2, 0.25) is 5.91 Å². The monoisotopic (exact) mass is 428 g/mol. The van der Waals surface area contributed by atoms with Crippen molar-refractivity contribution in [2.24, 2.45) is 0 Å². The van der Waals surface area contributed by atoms with Crippen LogP contribution in [0.1, 0.15) is 12.2 Å². The second kappa shape index (κ2) is 9.98. The molecule has 8 heteroatoms. The molecule has 158 valence electrons. The number of carbonyl (C=O) groups is 1. The van der Waals surface area contributed by atoms with E-state index in [2.05, 4.69) is 5.32 Å². The Balaban J connectivity index is 1.71. The van der Waals surface area contributed by atoms with Crippen LogP contribution in [0.15, 0.2) is 82.3 Å². The van der Waals surface area contributed by atoms with E-state index in [1.54, 1.807) is 48.7 Å². The number of methoxy groups -OCH3 is 1. The van der Waals surface area contributed by atoms with Gasteiger partial charge in [0, 0.05) is 13.0 Å². The van der Waals surface area contributed by atoms with Crippen molar-refractivity contribution in [3.8, 4) is 5.75 Å². The molecule has 0 atom stereocenters. The first-order valence-corrected chi connectivity index (χ1v) is 11.0. The normalized spacial score (nSPS) is 11.1. The Hall–Kier alpha value is -3.26. The fourth-order valence-electron chi connectivity index (χ4n) is 2.92.